The van der Waals surface area contributed by atoms with Gasteiger partial charge >= 0.3 is 17.8 Å². The molecule has 23 heavy (non-hydrogen) atoms. The molecule has 1 unspecified atom stereocenters. The van der Waals surface area contributed by atoms with Crippen molar-refractivity contribution in [2.45, 2.75) is 12.6 Å². The Hall–Kier alpha value is -2.41. The Morgan fingerprint density at radius 1 is 1.30 bits per heavy atom. The number of nitrogens with zero attached hydrogens (tertiary/aromatic N) is 2. The molecule has 0 aliphatic carbocycles. The van der Waals surface area contributed by atoms with Gasteiger partial charge in [-0.2, -0.15) is 0 Å². The lowest BCUT2D eigenvalue weighted by atomic mass is 10.0. The molecule has 1 N–H and O–H groups in total. The summed E-state index contributed by atoms with van der Waals surface area (Å²) in [7, 11) is 1.37. The number of carbonyl (C=O) groups is 3. The summed E-state index contributed by atoms with van der Waals surface area (Å²) in [4.78, 5) is 38.9. The maximum absolute atomic E-state index is 11.8. The first-order chi connectivity index (χ1) is 11.1. The number of hydrogen-bond donors (Lipinski definition) is 1. The molecular formula is C16H19N3O4. The average Bonchev–Trinajstić information content (AvgIpc) is 2.58. The molecule has 1 aromatic carbocycles. The Kier molecular flexibility index (Phi) is 4.29. The fraction of sp³-hybridized carbons (Fsp3) is 0.438. The Morgan fingerprint density at radius 3 is 2.87 bits per heavy atom. The van der Waals surface area contributed by atoms with Gasteiger partial charge in [-0.3, -0.25) is 14.5 Å². The monoisotopic (exact) mass is 317 g/mol. The highest BCUT2D eigenvalue weighted by Gasteiger charge is 2.37. The van der Waals surface area contributed by atoms with Crippen molar-refractivity contribution in [2.24, 2.45) is 0 Å². The first kappa shape index (κ1) is 15.5. The molecule has 0 bridgehead atoms. The van der Waals surface area contributed by atoms with Crippen LogP contribution in [0.15, 0.2) is 24.3 Å². The van der Waals surface area contributed by atoms with Crippen molar-refractivity contribution in [1.29, 1.82) is 0 Å². The molecule has 2 heterocycles. The highest BCUT2D eigenvalue weighted by atomic mass is 16.5. The third kappa shape index (κ3) is 3.05. The van der Waals surface area contributed by atoms with Crippen LogP contribution in [-0.2, 0) is 20.9 Å². The van der Waals surface area contributed by atoms with Crippen molar-refractivity contribution >= 4 is 17.8 Å². The van der Waals surface area contributed by atoms with E-state index >= 15 is 0 Å². The molecule has 7 heteroatoms. The number of esters is 1. The summed E-state index contributed by atoms with van der Waals surface area (Å²) in [5.41, 5.74) is 1.46. The van der Waals surface area contributed by atoms with Crippen LogP contribution in [-0.4, -0.2) is 66.9 Å². The van der Waals surface area contributed by atoms with E-state index in [4.69, 9.17) is 4.74 Å². The molecule has 0 radical (unpaired) electrons. The largest absolute Gasteiger partial charge is 0.465 e. The average molecular weight is 317 g/mol. The predicted molar refractivity (Wildman–Crippen MR) is 81.6 cm³/mol. The van der Waals surface area contributed by atoms with Gasteiger partial charge in [0.2, 0.25) is 0 Å². The van der Waals surface area contributed by atoms with E-state index in [-0.39, 0.29) is 12.0 Å². The molecule has 2 aliphatic heterocycles. The quantitative estimate of drug-likeness (QED) is 0.607. The molecule has 0 spiro atoms. The van der Waals surface area contributed by atoms with Crippen LogP contribution in [0, 0.1) is 0 Å². The normalized spacial score (nSPS) is 21.6. The second kappa shape index (κ2) is 6.37. The van der Waals surface area contributed by atoms with E-state index < -0.39 is 11.8 Å². The van der Waals surface area contributed by atoms with E-state index in [1.165, 1.54) is 7.11 Å². The number of piperazine rings is 2. The summed E-state index contributed by atoms with van der Waals surface area (Å²) in [5.74, 6) is -1.32. The maximum atomic E-state index is 11.8. The third-order valence-corrected chi connectivity index (χ3v) is 4.34. The van der Waals surface area contributed by atoms with Gasteiger partial charge in [0.1, 0.15) is 0 Å². The number of ether oxygens (including phenoxy) is 1. The van der Waals surface area contributed by atoms with Crippen LogP contribution in [0.1, 0.15) is 15.9 Å². The lowest BCUT2D eigenvalue weighted by Gasteiger charge is -2.43. The van der Waals surface area contributed by atoms with Crippen molar-refractivity contribution in [1.82, 2.24) is 15.1 Å². The number of amides is 2. The number of fused-ring (bicyclic) bond motifs is 1. The molecule has 0 aromatic heterocycles. The summed E-state index contributed by atoms with van der Waals surface area (Å²) in [6.45, 7) is 2.95. The molecule has 1 atom stereocenters. The number of benzene rings is 1. The second-order valence-electron chi connectivity index (χ2n) is 5.75. The van der Waals surface area contributed by atoms with Crippen LogP contribution in [0.2, 0.25) is 0 Å². The Morgan fingerprint density at radius 2 is 2.09 bits per heavy atom. The highest BCUT2D eigenvalue weighted by molar-refractivity contribution is 6.35. The van der Waals surface area contributed by atoms with Crippen LogP contribution in [0.5, 0.6) is 0 Å². The first-order valence-electron chi connectivity index (χ1n) is 7.57. The zero-order chi connectivity index (χ0) is 16.4. The standard InChI is InChI=1S/C16H19N3O4/c1-23-16(22)13-5-3-2-4-11(13)9-18-6-7-19-12(10-18)8-17-14(20)15(19)21/h2-5,12H,6-10H2,1H3,(H,17,20). The molecule has 7 nitrogen and oxygen atoms in total. The Labute approximate surface area is 134 Å². The van der Waals surface area contributed by atoms with E-state index in [1.54, 1.807) is 11.0 Å². The fourth-order valence-electron chi connectivity index (χ4n) is 3.13. The van der Waals surface area contributed by atoms with E-state index in [1.807, 2.05) is 18.2 Å². The zero-order valence-corrected chi connectivity index (χ0v) is 12.9. The van der Waals surface area contributed by atoms with Gasteiger partial charge in [0.15, 0.2) is 0 Å². The van der Waals surface area contributed by atoms with Crippen LogP contribution >= 0.6 is 0 Å². The van der Waals surface area contributed by atoms with Gasteiger partial charge in [-0.05, 0) is 11.6 Å². The van der Waals surface area contributed by atoms with Gasteiger partial charge in [-0.1, -0.05) is 18.2 Å². The van der Waals surface area contributed by atoms with Gasteiger partial charge in [0, 0.05) is 32.7 Å². The predicted octanol–water partition coefficient (Wildman–Crippen LogP) is -0.384. The summed E-state index contributed by atoms with van der Waals surface area (Å²) >= 11 is 0. The van der Waals surface area contributed by atoms with E-state index in [9.17, 15) is 14.4 Å². The highest BCUT2D eigenvalue weighted by Crippen LogP contribution is 2.18. The van der Waals surface area contributed by atoms with Crippen molar-refractivity contribution in [3.05, 3.63) is 35.4 Å². The number of nitrogens with one attached hydrogen (secondary N) is 1. The van der Waals surface area contributed by atoms with Crippen LogP contribution in [0.3, 0.4) is 0 Å². The number of methoxy groups -OCH3 is 1. The van der Waals surface area contributed by atoms with Crippen molar-refractivity contribution in [2.75, 3.05) is 33.3 Å². The summed E-state index contributed by atoms with van der Waals surface area (Å²) in [5, 5.41) is 2.62. The van der Waals surface area contributed by atoms with Crippen LogP contribution in [0.4, 0.5) is 0 Å². The lowest BCUT2D eigenvalue weighted by Crippen LogP contribution is -2.65. The molecule has 2 amide bonds. The van der Waals surface area contributed by atoms with Gasteiger partial charge in [-0.15, -0.1) is 0 Å². The Bertz CT molecular complexity index is 646. The first-order valence-corrected chi connectivity index (χ1v) is 7.57. The number of rotatable bonds is 3. The molecule has 2 saturated heterocycles. The smallest absolute Gasteiger partial charge is 0.338 e. The third-order valence-electron chi connectivity index (χ3n) is 4.34. The molecule has 1 aromatic rings. The molecule has 2 fully saturated rings. The maximum Gasteiger partial charge on any atom is 0.338 e. The molecule has 122 valence electrons. The molecular weight excluding hydrogens is 298 g/mol. The van der Waals surface area contributed by atoms with Crippen molar-refractivity contribution < 1.29 is 19.1 Å². The Balaban J connectivity index is 1.70. The van der Waals surface area contributed by atoms with Crippen LogP contribution in [0.25, 0.3) is 0 Å². The minimum absolute atomic E-state index is 0.0146. The second-order valence-corrected chi connectivity index (χ2v) is 5.75. The minimum Gasteiger partial charge on any atom is -0.465 e. The zero-order valence-electron chi connectivity index (χ0n) is 12.9. The summed E-state index contributed by atoms with van der Waals surface area (Å²) in [6, 6.07) is 7.35. The minimum atomic E-state index is -0.522. The van der Waals surface area contributed by atoms with E-state index in [0.717, 1.165) is 5.56 Å². The van der Waals surface area contributed by atoms with Crippen molar-refractivity contribution in [3.8, 4) is 0 Å². The number of hydrogen-bond acceptors (Lipinski definition) is 5. The number of carbonyl (C=O) groups excluding carboxylic acids is 3. The van der Waals surface area contributed by atoms with E-state index in [2.05, 4.69) is 10.2 Å². The fourth-order valence-corrected chi connectivity index (χ4v) is 3.13. The lowest BCUT2D eigenvalue weighted by molar-refractivity contribution is -0.152. The summed E-state index contributed by atoms with van der Waals surface area (Å²) in [6.07, 6.45) is 0. The van der Waals surface area contributed by atoms with Gasteiger partial charge in [0.05, 0.1) is 18.7 Å². The molecule has 3 rings (SSSR count). The molecule has 0 saturated carbocycles. The van der Waals surface area contributed by atoms with Gasteiger partial charge < -0.3 is 15.0 Å². The molecule has 2 aliphatic rings. The van der Waals surface area contributed by atoms with Crippen LogP contribution < -0.4 is 5.32 Å². The van der Waals surface area contributed by atoms with Crippen molar-refractivity contribution in [3.63, 3.8) is 0 Å². The van der Waals surface area contributed by atoms with Gasteiger partial charge in [0.25, 0.3) is 0 Å². The SMILES string of the molecule is COC(=O)c1ccccc1CN1CCN2C(=O)C(=O)NCC2C1. The topological polar surface area (TPSA) is 79.0 Å². The van der Waals surface area contributed by atoms with Gasteiger partial charge in [-0.25, -0.2) is 4.79 Å². The van der Waals surface area contributed by atoms with E-state index in [0.29, 0.717) is 38.3 Å². The summed E-state index contributed by atoms with van der Waals surface area (Å²) < 4.78 is 4.82.